The van der Waals surface area contributed by atoms with Gasteiger partial charge in [-0.25, -0.2) is 0 Å². The van der Waals surface area contributed by atoms with Crippen molar-refractivity contribution in [3.8, 4) is 5.75 Å². The molecule has 0 radical (unpaired) electrons. The number of nitrogens with zero attached hydrogens (tertiary/aromatic N) is 1. The first-order valence-corrected chi connectivity index (χ1v) is 5.60. The maximum Gasteiger partial charge on any atom is 0.123 e. The monoisotopic (exact) mass is 228 g/mol. The highest BCUT2D eigenvalue weighted by molar-refractivity contribution is 5.59. The van der Waals surface area contributed by atoms with Crippen molar-refractivity contribution < 1.29 is 5.11 Å². The van der Waals surface area contributed by atoms with Gasteiger partial charge in [0, 0.05) is 30.2 Å². The second-order valence-corrected chi connectivity index (χ2v) is 4.12. The van der Waals surface area contributed by atoms with Gasteiger partial charge in [-0.1, -0.05) is 12.1 Å². The molecule has 1 heterocycles. The molecule has 0 spiro atoms. The van der Waals surface area contributed by atoms with E-state index in [-0.39, 0.29) is 0 Å². The lowest BCUT2D eigenvalue weighted by Gasteiger charge is -2.12. The minimum absolute atomic E-state index is 0.362. The van der Waals surface area contributed by atoms with Gasteiger partial charge < -0.3 is 10.4 Å². The summed E-state index contributed by atoms with van der Waals surface area (Å²) >= 11 is 0. The molecule has 1 aromatic heterocycles. The van der Waals surface area contributed by atoms with E-state index in [0.29, 0.717) is 12.3 Å². The molecule has 3 heteroatoms. The zero-order valence-electron chi connectivity index (χ0n) is 10.1. The molecule has 0 amide bonds. The van der Waals surface area contributed by atoms with Crippen LogP contribution in [0.2, 0.25) is 0 Å². The van der Waals surface area contributed by atoms with Gasteiger partial charge in [-0.2, -0.15) is 0 Å². The summed E-state index contributed by atoms with van der Waals surface area (Å²) < 4.78 is 0. The predicted molar refractivity (Wildman–Crippen MR) is 69.1 cm³/mol. The molecule has 1 aromatic carbocycles. The van der Waals surface area contributed by atoms with Crippen LogP contribution in [0.1, 0.15) is 16.7 Å². The number of benzene rings is 1. The number of hydrogen-bond donors (Lipinski definition) is 2. The van der Waals surface area contributed by atoms with Crippen molar-refractivity contribution in [1.82, 2.24) is 4.98 Å². The van der Waals surface area contributed by atoms with Crippen molar-refractivity contribution >= 4 is 5.69 Å². The molecule has 0 unspecified atom stereocenters. The van der Waals surface area contributed by atoms with E-state index in [2.05, 4.69) is 10.3 Å². The molecule has 0 bridgehead atoms. The lowest BCUT2D eigenvalue weighted by molar-refractivity contribution is 0.467. The van der Waals surface area contributed by atoms with Gasteiger partial charge in [0.25, 0.3) is 0 Å². The second-order valence-electron chi connectivity index (χ2n) is 4.12. The number of hydrogen-bond acceptors (Lipinski definition) is 3. The van der Waals surface area contributed by atoms with Crippen molar-refractivity contribution in [2.24, 2.45) is 0 Å². The molecule has 17 heavy (non-hydrogen) atoms. The van der Waals surface area contributed by atoms with Gasteiger partial charge in [0.05, 0.1) is 0 Å². The number of rotatable bonds is 3. The van der Waals surface area contributed by atoms with Gasteiger partial charge >= 0.3 is 0 Å². The fourth-order valence-corrected chi connectivity index (χ4v) is 1.73. The first-order chi connectivity index (χ1) is 8.18. The third-order valence-corrected chi connectivity index (χ3v) is 2.84. The van der Waals surface area contributed by atoms with Crippen LogP contribution in [-0.2, 0) is 6.54 Å². The quantitative estimate of drug-likeness (QED) is 0.848. The van der Waals surface area contributed by atoms with E-state index >= 15 is 0 Å². The van der Waals surface area contributed by atoms with Crippen molar-refractivity contribution in [2.45, 2.75) is 20.4 Å². The maximum atomic E-state index is 9.83. The third-order valence-electron chi connectivity index (χ3n) is 2.84. The first-order valence-electron chi connectivity index (χ1n) is 5.60. The number of anilines is 1. The summed E-state index contributed by atoms with van der Waals surface area (Å²) in [5, 5.41) is 13.1. The lowest BCUT2D eigenvalue weighted by Crippen LogP contribution is -2.01. The average Bonchev–Trinajstić information content (AvgIpc) is 2.36. The fourth-order valence-electron chi connectivity index (χ4n) is 1.73. The van der Waals surface area contributed by atoms with Crippen molar-refractivity contribution in [1.29, 1.82) is 0 Å². The Morgan fingerprint density at radius 3 is 2.76 bits per heavy atom. The van der Waals surface area contributed by atoms with Crippen LogP contribution < -0.4 is 5.32 Å². The number of pyridine rings is 1. The molecule has 0 aliphatic heterocycles. The van der Waals surface area contributed by atoms with E-state index in [1.54, 1.807) is 6.20 Å². The molecule has 3 nitrogen and oxygen atoms in total. The fraction of sp³-hybridized carbons (Fsp3) is 0.214. The zero-order valence-corrected chi connectivity index (χ0v) is 10.1. The molecule has 0 saturated carbocycles. The summed E-state index contributed by atoms with van der Waals surface area (Å²) in [6, 6.07) is 7.83. The van der Waals surface area contributed by atoms with Crippen LogP contribution in [0.4, 0.5) is 5.69 Å². The normalized spacial score (nSPS) is 10.2. The molecule has 2 rings (SSSR count). The Morgan fingerprint density at radius 2 is 2.06 bits per heavy atom. The SMILES string of the molecule is Cc1ccc(NCc2cccnc2)c(C)c1O. The van der Waals surface area contributed by atoms with E-state index < -0.39 is 0 Å². The number of aromatic hydroxyl groups is 1. The van der Waals surface area contributed by atoms with Crippen molar-refractivity contribution in [3.05, 3.63) is 53.3 Å². The first kappa shape index (κ1) is 11.5. The highest BCUT2D eigenvalue weighted by atomic mass is 16.3. The Labute approximate surface area is 101 Å². The molecule has 0 atom stereocenters. The molecular weight excluding hydrogens is 212 g/mol. The van der Waals surface area contributed by atoms with Gasteiger partial charge in [-0.05, 0) is 37.1 Å². The van der Waals surface area contributed by atoms with E-state index in [1.165, 1.54) is 0 Å². The number of phenols is 1. The number of aryl methyl sites for hydroxylation is 1. The molecule has 0 aliphatic rings. The highest BCUT2D eigenvalue weighted by Crippen LogP contribution is 2.28. The zero-order chi connectivity index (χ0) is 12.3. The van der Waals surface area contributed by atoms with Crippen LogP contribution in [0.5, 0.6) is 5.75 Å². The summed E-state index contributed by atoms with van der Waals surface area (Å²) in [5.74, 6) is 0.362. The standard InChI is InChI=1S/C14H16N2O/c1-10-5-6-13(11(2)14(10)17)16-9-12-4-3-7-15-8-12/h3-8,16-17H,9H2,1-2H3. The molecule has 2 N–H and O–H groups in total. The summed E-state index contributed by atoms with van der Waals surface area (Å²) in [6.45, 7) is 4.51. The Balaban J connectivity index is 2.13. The number of aromatic nitrogens is 1. The Kier molecular flexibility index (Phi) is 3.28. The van der Waals surface area contributed by atoms with E-state index in [0.717, 1.165) is 22.4 Å². The van der Waals surface area contributed by atoms with Crippen molar-refractivity contribution in [2.75, 3.05) is 5.32 Å². The Bertz CT molecular complexity index is 509. The van der Waals surface area contributed by atoms with Crippen LogP contribution in [-0.4, -0.2) is 10.1 Å². The van der Waals surface area contributed by atoms with Gasteiger partial charge in [0.2, 0.25) is 0 Å². The summed E-state index contributed by atoms with van der Waals surface area (Å²) in [5.41, 5.74) is 3.85. The minimum Gasteiger partial charge on any atom is -0.507 e. The van der Waals surface area contributed by atoms with Crippen LogP contribution in [0.15, 0.2) is 36.7 Å². The summed E-state index contributed by atoms with van der Waals surface area (Å²) in [7, 11) is 0. The number of phenolic OH excluding ortho intramolecular Hbond substituents is 1. The van der Waals surface area contributed by atoms with Crippen molar-refractivity contribution in [3.63, 3.8) is 0 Å². The van der Waals surface area contributed by atoms with Crippen LogP contribution in [0.25, 0.3) is 0 Å². The van der Waals surface area contributed by atoms with E-state index in [4.69, 9.17) is 0 Å². The molecule has 0 saturated heterocycles. The smallest absolute Gasteiger partial charge is 0.123 e. The van der Waals surface area contributed by atoms with Gasteiger partial charge in [-0.3, -0.25) is 4.98 Å². The lowest BCUT2D eigenvalue weighted by atomic mass is 10.1. The van der Waals surface area contributed by atoms with Crippen LogP contribution in [0, 0.1) is 13.8 Å². The van der Waals surface area contributed by atoms with E-state index in [9.17, 15) is 5.11 Å². The topological polar surface area (TPSA) is 45.2 Å². The van der Waals surface area contributed by atoms with E-state index in [1.807, 2.05) is 44.3 Å². The Hall–Kier alpha value is -2.03. The molecule has 88 valence electrons. The molecular formula is C14H16N2O. The largest absolute Gasteiger partial charge is 0.507 e. The Morgan fingerprint density at radius 1 is 1.24 bits per heavy atom. The second kappa shape index (κ2) is 4.87. The maximum absolute atomic E-state index is 9.83. The minimum atomic E-state index is 0.362. The van der Waals surface area contributed by atoms with Crippen LogP contribution in [0.3, 0.4) is 0 Å². The predicted octanol–water partition coefficient (Wildman–Crippen LogP) is 3.02. The van der Waals surface area contributed by atoms with Crippen LogP contribution >= 0.6 is 0 Å². The average molecular weight is 228 g/mol. The van der Waals surface area contributed by atoms with Gasteiger partial charge in [0.1, 0.15) is 5.75 Å². The molecule has 0 aliphatic carbocycles. The molecule has 0 fully saturated rings. The highest BCUT2D eigenvalue weighted by Gasteiger charge is 2.05. The van der Waals surface area contributed by atoms with Gasteiger partial charge in [0.15, 0.2) is 0 Å². The number of nitrogens with one attached hydrogen (secondary N) is 1. The molecule has 2 aromatic rings. The van der Waals surface area contributed by atoms with Gasteiger partial charge in [-0.15, -0.1) is 0 Å². The third kappa shape index (κ3) is 2.56. The summed E-state index contributed by atoms with van der Waals surface area (Å²) in [6.07, 6.45) is 3.59. The summed E-state index contributed by atoms with van der Waals surface area (Å²) in [4.78, 5) is 4.06.